The van der Waals surface area contributed by atoms with Crippen LogP contribution in [0, 0.1) is 0 Å². The van der Waals surface area contributed by atoms with Gasteiger partial charge in [-0.1, -0.05) is 58.1 Å². The zero-order chi connectivity index (χ0) is 19.8. The molecular formula is C21H31O6P. The first-order valence-electron chi connectivity index (χ1n) is 10.4. The molecule has 28 heavy (non-hydrogen) atoms. The summed E-state index contributed by atoms with van der Waals surface area (Å²) in [6.07, 6.45) is 9.37. The van der Waals surface area contributed by atoms with Crippen LogP contribution in [0.15, 0.2) is 36.0 Å². The first-order chi connectivity index (χ1) is 13.6. The second-order valence-corrected chi connectivity index (χ2v) is 8.75. The lowest BCUT2D eigenvalue weighted by Crippen LogP contribution is -2.21. The third-order valence-corrected chi connectivity index (χ3v) is 6.07. The molecule has 2 aliphatic heterocycles. The average Bonchev–Trinajstić information content (AvgIpc) is 3.22. The first kappa shape index (κ1) is 21.1. The van der Waals surface area contributed by atoms with E-state index in [-0.39, 0.29) is 12.6 Å². The molecule has 3 rings (SSSR count). The second-order valence-electron chi connectivity index (χ2n) is 7.23. The Morgan fingerprint density at radius 1 is 0.964 bits per heavy atom. The van der Waals surface area contributed by atoms with Crippen LogP contribution >= 0.6 is 7.82 Å². The molecule has 1 aromatic carbocycles. The Bertz CT molecular complexity index is 699. The van der Waals surface area contributed by atoms with Gasteiger partial charge in [-0.15, -0.1) is 0 Å². The van der Waals surface area contributed by atoms with Gasteiger partial charge in [-0.25, -0.2) is 4.57 Å². The van der Waals surface area contributed by atoms with Crippen molar-refractivity contribution in [1.82, 2.24) is 0 Å². The second kappa shape index (κ2) is 10.2. The highest BCUT2D eigenvalue weighted by Gasteiger charge is 2.49. The molecule has 0 radical (unpaired) electrons. The summed E-state index contributed by atoms with van der Waals surface area (Å²) in [6.45, 7) is 4.50. The van der Waals surface area contributed by atoms with E-state index in [0.29, 0.717) is 12.2 Å². The van der Waals surface area contributed by atoms with Crippen LogP contribution in [0.2, 0.25) is 0 Å². The minimum absolute atomic E-state index is 0.113. The fourth-order valence-electron chi connectivity index (χ4n) is 3.15. The van der Waals surface area contributed by atoms with Gasteiger partial charge < -0.3 is 18.5 Å². The summed E-state index contributed by atoms with van der Waals surface area (Å²) < 4.78 is 39.3. The molecule has 0 amide bonds. The number of ether oxygens (including phenoxy) is 2. The van der Waals surface area contributed by atoms with Crippen molar-refractivity contribution in [3.05, 3.63) is 41.5 Å². The smallest absolute Gasteiger partial charge is 0.455 e. The molecule has 0 N–H and O–H groups in total. The van der Waals surface area contributed by atoms with E-state index in [1.165, 1.54) is 37.7 Å². The van der Waals surface area contributed by atoms with E-state index in [9.17, 15) is 4.57 Å². The van der Waals surface area contributed by atoms with Crippen LogP contribution < -0.4 is 4.74 Å². The predicted octanol–water partition coefficient (Wildman–Crippen LogP) is 6.47. The summed E-state index contributed by atoms with van der Waals surface area (Å²) in [5.74, 6) is 1.22. The Labute approximate surface area is 167 Å². The number of phosphoric acid groups is 1. The number of unbranched alkanes of at least 4 members (excludes halogenated alkanes) is 5. The van der Waals surface area contributed by atoms with E-state index in [0.717, 1.165) is 25.0 Å². The number of aryl methyl sites for hydroxylation is 1. The van der Waals surface area contributed by atoms with Crippen molar-refractivity contribution in [2.75, 3.05) is 6.61 Å². The molecule has 1 aromatic rings. The summed E-state index contributed by atoms with van der Waals surface area (Å²) in [5, 5.41) is 0. The van der Waals surface area contributed by atoms with Crippen molar-refractivity contribution in [2.24, 2.45) is 0 Å². The van der Waals surface area contributed by atoms with Crippen molar-refractivity contribution >= 4 is 7.82 Å². The number of fused-ring (bicyclic) bond motifs is 2. The van der Waals surface area contributed by atoms with Gasteiger partial charge in [0.15, 0.2) is 0 Å². The van der Waals surface area contributed by atoms with E-state index in [2.05, 4.69) is 26.0 Å². The molecule has 0 saturated carbocycles. The topological polar surface area (TPSA) is 63.2 Å². The van der Waals surface area contributed by atoms with E-state index >= 15 is 0 Å². The average molecular weight is 410 g/mol. The molecular weight excluding hydrogens is 379 g/mol. The van der Waals surface area contributed by atoms with Gasteiger partial charge in [0.05, 0.1) is 0 Å². The number of hydrogen-bond donors (Lipinski definition) is 0. The van der Waals surface area contributed by atoms with Gasteiger partial charge in [-0.2, -0.15) is 0 Å². The van der Waals surface area contributed by atoms with Crippen LogP contribution in [-0.2, 0) is 29.3 Å². The van der Waals surface area contributed by atoms with Crippen molar-refractivity contribution in [3.8, 4) is 5.75 Å². The highest BCUT2D eigenvalue weighted by molar-refractivity contribution is 7.49. The van der Waals surface area contributed by atoms with E-state index in [4.69, 9.17) is 23.0 Å². The summed E-state index contributed by atoms with van der Waals surface area (Å²) >= 11 is 0. The lowest BCUT2D eigenvalue weighted by Gasteiger charge is -2.21. The predicted molar refractivity (Wildman–Crippen MR) is 107 cm³/mol. The normalized spacial score (nSPS) is 21.4. The maximum absolute atomic E-state index is 12.0. The van der Waals surface area contributed by atoms with Crippen molar-refractivity contribution < 1.29 is 27.6 Å². The van der Waals surface area contributed by atoms with Crippen molar-refractivity contribution in [3.63, 3.8) is 0 Å². The maximum atomic E-state index is 12.0. The lowest BCUT2D eigenvalue weighted by molar-refractivity contribution is -0.0860. The minimum Gasteiger partial charge on any atom is -0.455 e. The van der Waals surface area contributed by atoms with Gasteiger partial charge in [0.2, 0.25) is 12.0 Å². The molecule has 2 bridgehead atoms. The number of phosphoric ester groups is 1. The SMILES string of the molecule is CCCCCCCC(OC1=C2COP(=O)(O2)O1)Oc1ccc(CCCC)cc1. The monoisotopic (exact) mass is 410 g/mol. The van der Waals surface area contributed by atoms with Gasteiger partial charge in [0, 0.05) is 6.42 Å². The lowest BCUT2D eigenvalue weighted by atomic mass is 10.1. The van der Waals surface area contributed by atoms with Crippen LogP contribution in [0.3, 0.4) is 0 Å². The van der Waals surface area contributed by atoms with Crippen LogP contribution in [0.1, 0.15) is 70.8 Å². The van der Waals surface area contributed by atoms with Gasteiger partial charge in [-0.05, 0) is 37.0 Å². The molecule has 156 valence electrons. The highest BCUT2D eigenvalue weighted by Crippen LogP contribution is 2.63. The quantitative estimate of drug-likeness (QED) is 0.211. The Kier molecular flexibility index (Phi) is 7.69. The number of benzene rings is 1. The van der Waals surface area contributed by atoms with Crippen molar-refractivity contribution in [2.45, 2.75) is 77.9 Å². The Morgan fingerprint density at radius 2 is 1.71 bits per heavy atom. The van der Waals surface area contributed by atoms with Crippen molar-refractivity contribution in [1.29, 1.82) is 0 Å². The maximum Gasteiger partial charge on any atom is 0.590 e. The van der Waals surface area contributed by atoms with Crippen LogP contribution in [-0.4, -0.2) is 12.9 Å². The van der Waals surface area contributed by atoms with Gasteiger partial charge in [0.1, 0.15) is 12.4 Å². The Morgan fingerprint density at radius 3 is 2.36 bits per heavy atom. The largest absolute Gasteiger partial charge is 0.590 e. The number of hydrogen-bond acceptors (Lipinski definition) is 6. The third kappa shape index (κ3) is 5.92. The van der Waals surface area contributed by atoms with E-state index in [1.807, 2.05) is 12.1 Å². The molecule has 2 unspecified atom stereocenters. The van der Waals surface area contributed by atoms with Gasteiger partial charge >= 0.3 is 13.8 Å². The zero-order valence-corrected chi connectivity index (χ0v) is 17.7. The van der Waals surface area contributed by atoms with Crippen LogP contribution in [0.4, 0.5) is 0 Å². The molecule has 1 saturated heterocycles. The molecule has 6 nitrogen and oxygen atoms in total. The van der Waals surface area contributed by atoms with E-state index in [1.54, 1.807) is 0 Å². The Balaban J connectivity index is 1.58. The molecule has 2 atom stereocenters. The molecule has 0 spiro atoms. The fraction of sp³-hybridized carbons (Fsp3) is 0.619. The van der Waals surface area contributed by atoms with Gasteiger partial charge in [-0.3, -0.25) is 4.52 Å². The number of rotatable bonds is 13. The summed E-state index contributed by atoms with van der Waals surface area (Å²) in [5.41, 5.74) is 1.30. The molecule has 0 aromatic heterocycles. The highest BCUT2D eigenvalue weighted by atomic mass is 31.2. The molecule has 1 fully saturated rings. The summed E-state index contributed by atoms with van der Waals surface area (Å²) in [6, 6.07) is 8.13. The van der Waals surface area contributed by atoms with Gasteiger partial charge in [0.25, 0.3) is 0 Å². The molecule has 7 heteroatoms. The molecule has 2 heterocycles. The van der Waals surface area contributed by atoms with Crippen LogP contribution in [0.25, 0.3) is 0 Å². The first-order valence-corrected chi connectivity index (χ1v) is 11.9. The van der Waals surface area contributed by atoms with E-state index < -0.39 is 14.1 Å². The molecule has 2 aliphatic rings. The Hall–Kier alpha value is -1.65. The third-order valence-electron chi connectivity index (χ3n) is 4.79. The summed E-state index contributed by atoms with van der Waals surface area (Å²) in [4.78, 5) is 0. The standard InChI is InChI=1S/C21H31O6P/c1-3-5-7-8-9-11-20(25-21-19-16-23-28(22,26-19)27-21)24-18-14-12-17(13-15-18)10-6-4-2/h12-15,20H,3-11,16H2,1-2H3. The zero-order valence-electron chi connectivity index (χ0n) is 16.9. The summed E-state index contributed by atoms with van der Waals surface area (Å²) in [7, 11) is -3.48. The minimum atomic E-state index is -3.48. The molecule has 0 aliphatic carbocycles. The fourth-order valence-corrected chi connectivity index (χ4v) is 4.31. The van der Waals surface area contributed by atoms with Crippen LogP contribution in [0.5, 0.6) is 5.75 Å².